The first kappa shape index (κ1) is 14.4. The number of halogens is 1. The van der Waals surface area contributed by atoms with Crippen LogP contribution in [0, 0.1) is 0 Å². The van der Waals surface area contributed by atoms with Crippen LogP contribution in [0.15, 0.2) is 77.4 Å². The van der Waals surface area contributed by atoms with Crippen LogP contribution in [-0.2, 0) is 6.54 Å². The third-order valence-corrected chi connectivity index (χ3v) is 3.55. The highest BCUT2D eigenvalue weighted by Crippen LogP contribution is 2.22. The molecule has 0 N–H and O–H groups in total. The minimum absolute atomic E-state index is 0.0840. The molecule has 0 bridgehead atoms. The highest BCUT2D eigenvalue weighted by molar-refractivity contribution is 6.30. The van der Waals surface area contributed by atoms with Crippen LogP contribution < -0.4 is 4.90 Å². The van der Waals surface area contributed by atoms with E-state index in [0.717, 1.165) is 11.4 Å². The fourth-order valence-corrected chi connectivity index (χ4v) is 2.32. The lowest BCUT2D eigenvalue weighted by Gasteiger charge is -2.22. The number of amides is 1. The molecule has 1 amide bonds. The van der Waals surface area contributed by atoms with Gasteiger partial charge in [-0.2, -0.15) is 0 Å². The summed E-state index contributed by atoms with van der Waals surface area (Å²) in [5.74, 6) is 0.638. The van der Waals surface area contributed by atoms with E-state index >= 15 is 0 Å². The molecular weight excluding hydrogens is 298 g/mol. The Hall–Kier alpha value is -2.52. The summed E-state index contributed by atoms with van der Waals surface area (Å²) in [7, 11) is 0. The molecular formula is C18H14ClNO2. The van der Waals surface area contributed by atoms with Crippen molar-refractivity contribution in [2.24, 2.45) is 0 Å². The molecule has 110 valence electrons. The van der Waals surface area contributed by atoms with Crippen molar-refractivity contribution in [2.45, 2.75) is 6.54 Å². The molecule has 0 spiro atoms. The Morgan fingerprint density at radius 3 is 2.32 bits per heavy atom. The van der Waals surface area contributed by atoms with Gasteiger partial charge in [-0.05, 0) is 48.5 Å². The van der Waals surface area contributed by atoms with Crippen LogP contribution in [0.2, 0.25) is 5.02 Å². The molecule has 0 atom stereocenters. The van der Waals surface area contributed by atoms with Gasteiger partial charge in [-0.15, -0.1) is 0 Å². The Labute approximate surface area is 133 Å². The van der Waals surface area contributed by atoms with E-state index in [1.54, 1.807) is 35.4 Å². The molecule has 0 radical (unpaired) electrons. The second-order valence-corrected chi connectivity index (χ2v) is 5.25. The molecule has 1 aromatic heterocycles. The largest absolute Gasteiger partial charge is 0.467 e. The maximum atomic E-state index is 12.8. The molecule has 0 aliphatic carbocycles. The lowest BCUT2D eigenvalue weighted by Crippen LogP contribution is -2.30. The number of furan rings is 1. The molecule has 2 aromatic carbocycles. The fraction of sp³-hybridized carbons (Fsp3) is 0.0556. The first-order valence-corrected chi connectivity index (χ1v) is 7.27. The zero-order valence-corrected chi connectivity index (χ0v) is 12.5. The number of rotatable bonds is 4. The molecule has 1 heterocycles. The van der Waals surface area contributed by atoms with E-state index in [9.17, 15) is 4.79 Å². The number of hydrogen-bond acceptors (Lipinski definition) is 2. The van der Waals surface area contributed by atoms with Crippen LogP contribution in [0.1, 0.15) is 16.1 Å². The van der Waals surface area contributed by atoms with E-state index in [1.807, 2.05) is 42.5 Å². The summed E-state index contributed by atoms with van der Waals surface area (Å²) in [4.78, 5) is 14.5. The zero-order valence-electron chi connectivity index (χ0n) is 11.8. The molecule has 4 heteroatoms. The minimum Gasteiger partial charge on any atom is -0.467 e. The summed E-state index contributed by atoms with van der Waals surface area (Å²) in [5, 5.41) is 0.633. The average Bonchev–Trinajstić information content (AvgIpc) is 3.07. The van der Waals surface area contributed by atoms with Gasteiger partial charge in [-0.25, -0.2) is 0 Å². The number of nitrogens with zero attached hydrogens (tertiary/aromatic N) is 1. The van der Waals surface area contributed by atoms with E-state index in [1.165, 1.54) is 0 Å². The van der Waals surface area contributed by atoms with E-state index in [0.29, 0.717) is 17.1 Å². The van der Waals surface area contributed by atoms with Crippen LogP contribution >= 0.6 is 11.6 Å². The minimum atomic E-state index is -0.0840. The molecule has 0 unspecified atom stereocenters. The second kappa shape index (κ2) is 6.50. The third-order valence-electron chi connectivity index (χ3n) is 3.30. The van der Waals surface area contributed by atoms with Crippen LogP contribution in [0.25, 0.3) is 0 Å². The first-order chi connectivity index (χ1) is 10.7. The van der Waals surface area contributed by atoms with E-state index in [2.05, 4.69) is 0 Å². The predicted molar refractivity (Wildman–Crippen MR) is 87.1 cm³/mol. The van der Waals surface area contributed by atoms with Gasteiger partial charge in [0.25, 0.3) is 5.91 Å². The molecule has 0 saturated heterocycles. The third kappa shape index (κ3) is 3.21. The van der Waals surface area contributed by atoms with Crippen LogP contribution in [0.4, 0.5) is 5.69 Å². The van der Waals surface area contributed by atoms with Crippen molar-refractivity contribution in [3.8, 4) is 0 Å². The quantitative estimate of drug-likeness (QED) is 0.694. The molecule has 3 nitrogen and oxygen atoms in total. The Morgan fingerprint density at radius 2 is 1.68 bits per heavy atom. The summed E-state index contributed by atoms with van der Waals surface area (Å²) >= 11 is 5.93. The van der Waals surface area contributed by atoms with Crippen LogP contribution in [0.3, 0.4) is 0 Å². The maximum absolute atomic E-state index is 12.8. The van der Waals surface area contributed by atoms with Crippen molar-refractivity contribution in [3.05, 3.63) is 89.3 Å². The van der Waals surface area contributed by atoms with Gasteiger partial charge in [0.1, 0.15) is 5.76 Å². The molecule has 0 aliphatic heterocycles. The number of benzene rings is 2. The SMILES string of the molecule is O=C(c1ccccc1)N(Cc1ccco1)c1ccc(Cl)cc1. The van der Waals surface area contributed by atoms with Crippen molar-refractivity contribution in [1.82, 2.24) is 0 Å². The van der Waals surface area contributed by atoms with Gasteiger partial charge in [-0.1, -0.05) is 29.8 Å². The molecule has 0 fully saturated rings. The Morgan fingerprint density at radius 1 is 0.955 bits per heavy atom. The van der Waals surface area contributed by atoms with Crippen molar-refractivity contribution in [3.63, 3.8) is 0 Å². The van der Waals surface area contributed by atoms with Crippen molar-refractivity contribution in [1.29, 1.82) is 0 Å². The van der Waals surface area contributed by atoms with Crippen molar-refractivity contribution in [2.75, 3.05) is 4.90 Å². The van der Waals surface area contributed by atoms with E-state index < -0.39 is 0 Å². The summed E-state index contributed by atoms with van der Waals surface area (Å²) < 4.78 is 5.38. The molecule has 0 saturated carbocycles. The Balaban J connectivity index is 1.95. The van der Waals surface area contributed by atoms with Gasteiger partial charge >= 0.3 is 0 Å². The lowest BCUT2D eigenvalue weighted by molar-refractivity contribution is 0.0983. The summed E-state index contributed by atoms with van der Waals surface area (Å²) in [6.45, 7) is 0.363. The molecule has 22 heavy (non-hydrogen) atoms. The normalized spacial score (nSPS) is 10.4. The highest BCUT2D eigenvalue weighted by Gasteiger charge is 2.19. The van der Waals surface area contributed by atoms with E-state index in [4.69, 9.17) is 16.0 Å². The predicted octanol–water partition coefficient (Wildman–Crippen LogP) is 4.78. The van der Waals surface area contributed by atoms with Gasteiger partial charge in [0.05, 0.1) is 12.8 Å². The number of carbonyl (C=O) groups excluding carboxylic acids is 1. The number of carbonyl (C=O) groups is 1. The summed E-state index contributed by atoms with van der Waals surface area (Å²) in [6.07, 6.45) is 1.60. The van der Waals surface area contributed by atoms with Gasteiger partial charge < -0.3 is 9.32 Å². The second-order valence-electron chi connectivity index (χ2n) is 4.81. The lowest BCUT2D eigenvalue weighted by atomic mass is 10.1. The standard InChI is InChI=1S/C18H14ClNO2/c19-15-8-10-16(11-9-15)20(13-17-7-4-12-22-17)18(21)14-5-2-1-3-6-14/h1-12H,13H2. The smallest absolute Gasteiger partial charge is 0.258 e. The first-order valence-electron chi connectivity index (χ1n) is 6.89. The fourth-order valence-electron chi connectivity index (χ4n) is 2.20. The van der Waals surface area contributed by atoms with Crippen molar-refractivity contribution >= 4 is 23.2 Å². The summed E-state index contributed by atoms with van der Waals surface area (Å²) in [6, 6.07) is 20.0. The molecule has 0 aliphatic rings. The maximum Gasteiger partial charge on any atom is 0.258 e. The van der Waals surface area contributed by atoms with Gasteiger partial charge in [-0.3, -0.25) is 4.79 Å². The van der Waals surface area contributed by atoms with Crippen LogP contribution in [0.5, 0.6) is 0 Å². The van der Waals surface area contributed by atoms with Crippen LogP contribution in [-0.4, -0.2) is 5.91 Å². The molecule has 3 aromatic rings. The number of hydrogen-bond donors (Lipinski definition) is 0. The van der Waals surface area contributed by atoms with Gasteiger partial charge in [0.15, 0.2) is 0 Å². The summed E-state index contributed by atoms with van der Waals surface area (Å²) in [5.41, 5.74) is 1.40. The van der Waals surface area contributed by atoms with Gasteiger partial charge in [0, 0.05) is 16.3 Å². The molecule has 3 rings (SSSR count). The van der Waals surface area contributed by atoms with Crippen molar-refractivity contribution < 1.29 is 9.21 Å². The van der Waals surface area contributed by atoms with E-state index in [-0.39, 0.29) is 5.91 Å². The topological polar surface area (TPSA) is 33.5 Å². The Bertz CT molecular complexity index is 737. The monoisotopic (exact) mass is 311 g/mol. The number of anilines is 1. The van der Waals surface area contributed by atoms with Gasteiger partial charge in [0.2, 0.25) is 0 Å². The average molecular weight is 312 g/mol. The Kier molecular flexibility index (Phi) is 4.26. The zero-order chi connectivity index (χ0) is 15.4. The highest BCUT2D eigenvalue weighted by atomic mass is 35.5.